The van der Waals surface area contributed by atoms with Crippen molar-refractivity contribution in [2.24, 2.45) is 11.7 Å². The highest BCUT2D eigenvalue weighted by molar-refractivity contribution is 5.62. The minimum absolute atomic E-state index is 0.654. The Morgan fingerprint density at radius 3 is 2.62 bits per heavy atom. The van der Waals surface area contributed by atoms with Crippen LogP contribution < -0.4 is 16.6 Å². The van der Waals surface area contributed by atoms with Crippen molar-refractivity contribution < 1.29 is 0 Å². The van der Waals surface area contributed by atoms with Crippen molar-refractivity contribution in [3.8, 4) is 0 Å². The molecule has 0 bridgehead atoms. The largest absolute Gasteiger partial charge is 0.399 e. The molecule has 0 heterocycles. The molecule has 0 saturated carbocycles. The van der Waals surface area contributed by atoms with Crippen LogP contribution >= 0.6 is 0 Å². The molecular weight excluding hydrogens is 258 g/mol. The van der Waals surface area contributed by atoms with Crippen molar-refractivity contribution >= 4 is 5.70 Å². The number of rotatable bonds is 9. The van der Waals surface area contributed by atoms with Gasteiger partial charge in [0.15, 0.2) is 0 Å². The smallest absolute Gasteiger partial charge is 0.0314 e. The molecule has 0 radical (unpaired) electrons. The van der Waals surface area contributed by atoms with Crippen LogP contribution in [0.5, 0.6) is 0 Å². The van der Waals surface area contributed by atoms with Gasteiger partial charge in [0.05, 0.1) is 0 Å². The Hall–Kier alpha value is -1.32. The minimum Gasteiger partial charge on any atom is -0.399 e. The van der Waals surface area contributed by atoms with Crippen molar-refractivity contribution in [2.45, 2.75) is 47.0 Å². The Kier molecular flexibility index (Phi) is 7.48. The molecule has 21 heavy (non-hydrogen) atoms. The topological polar surface area (TPSA) is 50.1 Å². The molecule has 0 aliphatic rings. The highest BCUT2D eigenvalue weighted by Crippen LogP contribution is 2.23. The number of hydrogen-bond donors (Lipinski definition) is 3. The van der Waals surface area contributed by atoms with Crippen LogP contribution in [0.2, 0.25) is 0 Å². The lowest BCUT2D eigenvalue weighted by atomic mass is 9.90. The molecule has 0 amide bonds. The Labute approximate surface area is 130 Å². The van der Waals surface area contributed by atoms with E-state index in [0.717, 1.165) is 25.1 Å². The van der Waals surface area contributed by atoms with E-state index in [4.69, 9.17) is 5.73 Å². The second kappa shape index (κ2) is 8.85. The summed E-state index contributed by atoms with van der Waals surface area (Å²) in [5.74, 6) is 0.674. The molecular formula is C18H31N3. The number of hydrogen-bond acceptors (Lipinski definition) is 3. The first-order valence-corrected chi connectivity index (χ1v) is 7.96. The van der Waals surface area contributed by atoms with Gasteiger partial charge in [-0.25, -0.2) is 0 Å². The van der Waals surface area contributed by atoms with Gasteiger partial charge < -0.3 is 5.73 Å². The van der Waals surface area contributed by atoms with Crippen LogP contribution in [-0.4, -0.2) is 13.1 Å². The maximum Gasteiger partial charge on any atom is 0.0314 e. The molecule has 1 unspecified atom stereocenters. The van der Waals surface area contributed by atoms with Crippen molar-refractivity contribution in [3.05, 3.63) is 41.0 Å². The van der Waals surface area contributed by atoms with E-state index in [-0.39, 0.29) is 0 Å². The summed E-state index contributed by atoms with van der Waals surface area (Å²) < 4.78 is 0. The third-order valence-corrected chi connectivity index (χ3v) is 4.01. The Morgan fingerprint density at radius 2 is 2.00 bits per heavy atom. The first-order valence-electron chi connectivity index (χ1n) is 7.96. The lowest BCUT2D eigenvalue weighted by molar-refractivity contribution is 0.464. The van der Waals surface area contributed by atoms with E-state index in [0.29, 0.717) is 11.6 Å². The quantitative estimate of drug-likeness (QED) is 0.483. The van der Waals surface area contributed by atoms with E-state index in [1.807, 2.05) is 0 Å². The second-order valence-electron chi connectivity index (χ2n) is 6.01. The molecule has 4 N–H and O–H groups in total. The molecule has 0 spiro atoms. The fraction of sp³-hybridized carbons (Fsp3) is 0.556. The lowest BCUT2D eigenvalue weighted by Crippen LogP contribution is -2.32. The highest BCUT2D eigenvalue weighted by Gasteiger charge is 2.09. The predicted molar refractivity (Wildman–Crippen MR) is 92.9 cm³/mol. The molecule has 118 valence electrons. The van der Waals surface area contributed by atoms with Crippen LogP contribution in [0.25, 0.3) is 5.70 Å². The second-order valence-corrected chi connectivity index (χ2v) is 6.01. The van der Waals surface area contributed by atoms with Gasteiger partial charge in [0.2, 0.25) is 0 Å². The number of hydrazine groups is 1. The first kappa shape index (κ1) is 17.7. The van der Waals surface area contributed by atoms with Crippen LogP contribution in [0.15, 0.2) is 18.7 Å². The third kappa shape index (κ3) is 5.90. The summed E-state index contributed by atoms with van der Waals surface area (Å²) >= 11 is 0. The normalized spacial score (nSPS) is 12.4. The van der Waals surface area contributed by atoms with Gasteiger partial charge in [0.25, 0.3) is 0 Å². The lowest BCUT2D eigenvalue weighted by Gasteiger charge is -2.16. The van der Waals surface area contributed by atoms with E-state index < -0.39 is 0 Å². The molecule has 3 nitrogen and oxygen atoms in total. The number of aryl methyl sites for hydroxylation is 1. The molecule has 3 heteroatoms. The third-order valence-electron chi connectivity index (χ3n) is 4.01. The Morgan fingerprint density at radius 1 is 1.29 bits per heavy atom. The predicted octanol–water partition coefficient (Wildman–Crippen LogP) is 3.31. The van der Waals surface area contributed by atoms with Gasteiger partial charge in [-0.15, -0.1) is 0 Å². The van der Waals surface area contributed by atoms with E-state index in [1.54, 1.807) is 0 Å². The van der Waals surface area contributed by atoms with Crippen LogP contribution in [0.4, 0.5) is 0 Å². The van der Waals surface area contributed by atoms with Gasteiger partial charge in [-0.2, -0.15) is 0 Å². The van der Waals surface area contributed by atoms with E-state index in [1.165, 1.54) is 29.5 Å². The zero-order valence-corrected chi connectivity index (χ0v) is 14.1. The average molecular weight is 289 g/mol. The molecule has 0 aromatic heterocycles. The average Bonchev–Trinajstić information content (AvgIpc) is 2.43. The fourth-order valence-corrected chi connectivity index (χ4v) is 2.56. The number of nitrogens with two attached hydrogens (primary N) is 1. The maximum absolute atomic E-state index is 5.85. The van der Waals surface area contributed by atoms with E-state index in [9.17, 15) is 0 Å². The maximum atomic E-state index is 5.85. The van der Waals surface area contributed by atoms with Crippen molar-refractivity contribution in [1.82, 2.24) is 10.9 Å². The number of nitrogens with one attached hydrogen (secondary N) is 2. The van der Waals surface area contributed by atoms with Gasteiger partial charge in [-0.1, -0.05) is 20.4 Å². The van der Waals surface area contributed by atoms with Crippen molar-refractivity contribution in [1.29, 1.82) is 0 Å². The minimum atomic E-state index is 0.654. The zero-order chi connectivity index (χ0) is 15.8. The summed E-state index contributed by atoms with van der Waals surface area (Å²) in [4.78, 5) is 0. The molecule has 1 atom stereocenters. The zero-order valence-electron chi connectivity index (χ0n) is 14.1. The van der Waals surface area contributed by atoms with Crippen LogP contribution in [0, 0.1) is 19.8 Å². The molecule has 0 saturated heterocycles. The fourth-order valence-electron chi connectivity index (χ4n) is 2.56. The van der Waals surface area contributed by atoms with Gasteiger partial charge >= 0.3 is 0 Å². The molecule has 0 fully saturated rings. The highest BCUT2D eigenvalue weighted by atomic mass is 15.3. The Balaban J connectivity index is 2.59. The molecule has 1 aromatic rings. The van der Waals surface area contributed by atoms with E-state index >= 15 is 0 Å². The summed E-state index contributed by atoms with van der Waals surface area (Å²) in [5, 5.41) is 0. The standard InChI is InChI=1S/C18H31N3/c1-6-20-21-9-7-8-13(2)10-17-12-18(16(5)19)11-14(3)15(17)4/h11-13,20-21H,5-10,19H2,1-4H3. The van der Waals surface area contributed by atoms with Crippen molar-refractivity contribution in [3.63, 3.8) is 0 Å². The summed E-state index contributed by atoms with van der Waals surface area (Å²) in [5.41, 5.74) is 18.0. The van der Waals surface area contributed by atoms with Crippen molar-refractivity contribution in [2.75, 3.05) is 13.1 Å². The molecule has 0 aliphatic carbocycles. The van der Waals surface area contributed by atoms with Gasteiger partial charge in [-0.3, -0.25) is 10.9 Å². The van der Waals surface area contributed by atoms with Crippen LogP contribution in [0.1, 0.15) is 48.9 Å². The number of benzene rings is 1. The molecule has 1 rings (SSSR count). The van der Waals surface area contributed by atoms with Gasteiger partial charge in [0.1, 0.15) is 0 Å². The Bertz CT molecular complexity index is 466. The summed E-state index contributed by atoms with van der Waals surface area (Å²) in [6, 6.07) is 4.34. The summed E-state index contributed by atoms with van der Waals surface area (Å²) in [6.07, 6.45) is 3.52. The van der Waals surface area contributed by atoms with Crippen LogP contribution in [0.3, 0.4) is 0 Å². The SMILES string of the molecule is C=C(N)c1cc(C)c(C)c(CC(C)CCCNNCC)c1. The molecule has 0 aliphatic heterocycles. The first-order chi connectivity index (χ1) is 9.95. The van der Waals surface area contributed by atoms with Crippen LogP contribution in [-0.2, 0) is 6.42 Å². The van der Waals surface area contributed by atoms with Gasteiger partial charge in [-0.05, 0) is 73.4 Å². The van der Waals surface area contributed by atoms with E-state index in [2.05, 4.69) is 57.3 Å². The molecule has 1 aromatic carbocycles. The van der Waals surface area contributed by atoms with Gasteiger partial charge in [0, 0.05) is 18.8 Å². The monoisotopic (exact) mass is 289 g/mol. The summed E-state index contributed by atoms with van der Waals surface area (Å²) in [7, 11) is 0. The summed E-state index contributed by atoms with van der Waals surface area (Å²) in [6.45, 7) is 14.6.